The number of benzene rings is 1. The van der Waals surface area contributed by atoms with E-state index in [1.54, 1.807) is 0 Å². The molecule has 0 heterocycles. The molecule has 0 saturated carbocycles. The van der Waals surface area contributed by atoms with Crippen LogP contribution in [-0.4, -0.2) is 13.1 Å². The van der Waals surface area contributed by atoms with Crippen LogP contribution in [0, 0.1) is 0 Å². The van der Waals surface area contributed by atoms with Gasteiger partial charge in [0.2, 0.25) is 0 Å². The van der Waals surface area contributed by atoms with Crippen molar-refractivity contribution in [1.82, 2.24) is 0 Å². The predicted octanol–water partition coefficient (Wildman–Crippen LogP) is 3.10. The summed E-state index contributed by atoms with van der Waals surface area (Å²) in [6, 6.07) is 8.86. The van der Waals surface area contributed by atoms with Gasteiger partial charge in [0.25, 0.3) is 0 Å². The van der Waals surface area contributed by atoms with E-state index in [1.165, 1.54) is 11.3 Å². The maximum absolute atomic E-state index is 2.36. The average Bonchev–Trinajstić information content (AvgIpc) is 2.21. The first-order valence-corrected chi connectivity index (χ1v) is 5.15. The maximum Gasteiger partial charge on any atom is 0.0366 e. The van der Waals surface area contributed by atoms with Gasteiger partial charge in [-0.25, -0.2) is 0 Å². The molecule has 0 radical (unpaired) electrons. The van der Waals surface area contributed by atoms with E-state index in [1.807, 2.05) is 0 Å². The van der Waals surface area contributed by atoms with Crippen molar-refractivity contribution < 1.29 is 0 Å². The van der Waals surface area contributed by atoms with E-state index in [2.05, 4.69) is 49.9 Å². The molecule has 0 aliphatic carbocycles. The first-order valence-electron chi connectivity index (χ1n) is 5.15. The van der Waals surface area contributed by atoms with Crippen molar-refractivity contribution in [2.45, 2.75) is 27.2 Å². The Morgan fingerprint density at radius 2 is 1.46 bits per heavy atom. The number of rotatable bonds is 4. The third-order valence-corrected chi connectivity index (χ3v) is 2.47. The largest absolute Gasteiger partial charge is 0.372 e. The Labute approximate surface area is 81.4 Å². The van der Waals surface area contributed by atoms with Crippen molar-refractivity contribution in [3.63, 3.8) is 0 Å². The Hall–Kier alpha value is -0.980. The fourth-order valence-corrected chi connectivity index (χ4v) is 1.53. The molecule has 0 bridgehead atoms. The molecule has 13 heavy (non-hydrogen) atoms. The molecule has 0 fully saturated rings. The average molecular weight is 177 g/mol. The third kappa shape index (κ3) is 2.48. The van der Waals surface area contributed by atoms with Gasteiger partial charge >= 0.3 is 0 Å². The van der Waals surface area contributed by atoms with E-state index in [9.17, 15) is 0 Å². The normalized spacial score (nSPS) is 10.1. The summed E-state index contributed by atoms with van der Waals surface area (Å²) in [6.45, 7) is 8.74. The number of hydrogen-bond acceptors (Lipinski definition) is 1. The molecule has 1 nitrogen and oxygen atoms in total. The molecule has 0 aromatic heterocycles. The molecular weight excluding hydrogens is 158 g/mol. The molecule has 0 spiro atoms. The molecule has 0 saturated heterocycles. The van der Waals surface area contributed by atoms with Crippen molar-refractivity contribution in [2.24, 2.45) is 0 Å². The second-order valence-electron chi connectivity index (χ2n) is 3.19. The molecular formula is C12H19N. The van der Waals surface area contributed by atoms with Gasteiger partial charge in [-0.1, -0.05) is 19.1 Å². The van der Waals surface area contributed by atoms with Gasteiger partial charge in [-0.15, -0.1) is 0 Å². The van der Waals surface area contributed by atoms with Gasteiger partial charge in [-0.3, -0.25) is 0 Å². The Kier molecular flexibility index (Phi) is 3.81. The van der Waals surface area contributed by atoms with Crippen LogP contribution in [0.1, 0.15) is 26.3 Å². The van der Waals surface area contributed by atoms with E-state index in [-0.39, 0.29) is 0 Å². The van der Waals surface area contributed by atoms with Crippen LogP contribution in [0.2, 0.25) is 0 Å². The molecule has 1 rings (SSSR count). The Morgan fingerprint density at radius 1 is 0.923 bits per heavy atom. The summed E-state index contributed by atoms with van der Waals surface area (Å²) >= 11 is 0. The zero-order valence-corrected chi connectivity index (χ0v) is 8.88. The zero-order chi connectivity index (χ0) is 9.68. The Bertz CT molecular complexity index is 234. The van der Waals surface area contributed by atoms with Crippen LogP contribution in [0.4, 0.5) is 5.69 Å². The topological polar surface area (TPSA) is 3.24 Å². The second kappa shape index (κ2) is 4.90. The highest BCUT2D eigenvalue weighted by atomic mass is 15.1. The van der Waals surface area contributed by atoms with Gasteiger partial charge in [0.05, 0.1) is 0 Å². The van der Waals surface area contributed by atoms with Crippen LogP contribution in [0.15, 0.2) is 24.3 Å². The van der Waals surface area contributed by atoms with E-state index in [4.69, 9.17) is 0 Å². The quantitative estimate of drug-likeness (QED) is 0.683. The fourth-order valence-electron chi connectivity index (χ4n) is 1.53. The Morgan fingerprint density at radius 3 is 1.85 bits per heavy atom. The van der Waals surface area contributed by atoms with Gasteiger partial charge in [-0.2, -0.15) is 0 Å². The minimum atomic E-state index is 1.09. The lowest BCUT2D eigenvalue weighted by atomic mass is 10.1. The third-order valence-electron chi connectivity index (χ3n) is 2.47. The lowest BCUT2D eigenvalue weighted by molar-refractivity contribution is 0.865. The molecule has 72 valence electrons. The Balaban J connectivity index is 2.78. The van der Waals surface area contributed by atoms with Crippen molar-refractivity contribution in [3.05, 3.63) is 29.8 Å². The van der Waals surface area contributed by atoms with E-state index < -0.39 is 0 Å². The van der Waals surface area contributed by atoms with Crippen LogP contribution in [0.3, 0.4) is 0 Å². The molecule has 1 aromatic rings. The van der Waals surface area contributed by atoms with E-state index in [0.717, 1.165) is 19.5 Å². The van der Waals surface area contributed by atoms with Gasteiger partial charge in [0, 0.05) is 18.8 Å². The summed E-state index contributed by atoms with van der Waals surface area (Å²) in [6.07, 6.45) is 1.12. The van der Waals surface area contributed by atoms with Crippen LogP contribution in [0.25, 0.3) is 0 Å². The number of nitrogens with zero attached hydrogens (tertiary/aromatic N) is 1. The zero-order valence-electron chi connectivity index (χ0n) is 8.88. The van der Waals surface area contributed by atoms with Crippen molar-refractivity contribution >= 4 is 5.69 Å². The summed E-state index contributed by atoms with van der Waals surface area (Å²) in [5.74, 6) is 0. The summed E-state index contributed by atoms with van der Waals surface area (Å²) in [5, 5.41) is 0. The van der Waals surface area contributed by atoms with Crippen molar-refractivity contribution in [1.29, 1.82) is 0 Å². The molecule has 0 N–H and O–H groups in total. The highest BCUT2D eigenvalue weighted by Crippen LogP contribution is 2.14. The highest BCUT2D eigenvalue weighted by molar-refractivity contribution is 5.47. The minimum Gasteiger partial charge on any atom is -0.372 e. The van der Waals surface area contributed by atoms with E-state index >= 15 is 0 Å². The molecule has 0 aliphatic rings. The van der Waals surface area contributed by atoms with Crippen LogP contribution in [0.5, 0.6) is 0 Å². The molecule has 0 amide bonds. The van der Waals surface area contributed by atoms with Gasteiger partial charge in [0.15, 0.2) is 0 Å². The molecule has 1 heteroatoms. The van der Waals surface area contributed by atoms with Crippen molar-refractivity contribution in [2.75, 3.05) is 18.0 Å². The lowest BCUT2D eigenvalue weighted by Gasteiger charge is -2.20. The van der Waals surface area contributed by atoms with Crippen LogP contribution in [-0.2, 0) is 6.42 Å². The van der Waals surface area contributed by atoms with Gasteiger partial charge in [-0.05, 0) is 38.0 Å². The second-order valence-corrected chi connectivity index (χ2v) is 3.19. The smallest absolute Gasteiger partial charge is 0.0366 e. The number of hydrogen-bond donors (Lipinski definition) is 0. The standard InChI is InChI=1S/C12H19N/c1-4-11-7-9-12(10-8-11)13(5-2)6-3/h7-10H,4-6H2,1-3H3. The first-order chi connectivity index (χ1) is 6.31. The van der Waals surface area contributed by atoms with Crippen LogP contribution >= 0.6 is 0 Å². The molecule has 0 unspecified atom stereocenters. The summed E-state index contributed by atoms with van der Waals surface area (Å²) in [4.78, 5) is 2.36. The summed E-state index contributed by atoms with van der Waals surface area (Å²) in [5.41, 5.74) is 2.75. The predicted molar refractivity (Wildman–Crippen MR) is 59.4 cm³/mol. The van der Waals surface area contributed by atoms with E-state index in [0.29, 0.717) is 0 Å². The fraction of sp³-hybridized carbons (Fsp3) is 0.500. The SMILES string of the molecule is CCc1ccc(N(CC)CC)cc1. The highest BCUT2D eigenvalue weighted by Gasteiger charge is 1.99. The molecule has 0 aliphatic heterocycles. The summed E-state index contributed by atoms with van der Waals surface area (Å²) < 4.78 is 0. The van der Waals surface area contributed by atoms with Gasteiger partial charge < -0.3 is 4.90 Å². The summed E-state index contributed by atoms with van der Waals surface area (Å²) in [7, 11) is 0. The maximum atomic E-state index is 2.36. The minimum absolute atomic E-state index is 1.09. The molecule has 1 aromatic carbocycles. The number of aryl methyl sites for hydroxylation is 1. The van der Waals surface area contributed by atoms with Crippen LogP contribution < -0.4 is 4.90 Å². The monoisotopic (exact) mass is 177 g/mol. The molecule has 0 atom stereocenters. The first kappa shape index (κ1) is 10.1. The number of anilines is 1. The lowest BCUT2D eigenvalue weighted by Crippen LogP contribution is -2.21. The van der Waals surface area contributed by atoms with Crippen molar-refractivity contribution in [3.8, 4) is 0 Å². The van der Waals surface area contributed by atoms with Gasteiger partial charge in [0.1, 0.15) is 0 Å².